The Balaban J connectivity index is 1.72. The first kappa shape index (κ1) is 15.7. The maximum absolute atomic E-state index is 12.9. The van der Waals surface area contributed by atoms with E-state index in [2.05, 4.69) is 5.10 Å². The van der Waals surface area contributed by atoms with Crippen LogP contribution in [0.2, 0.25) is 5.02 Å². The Morgan fingerprint density at radius 1 is 1.29 bits per heavy atom. The zero-order chi connectivity index (χ0) is 16.8. The van der Waals surface area contributed by atoms with E-state index in [0.717, 1.165) is 53.2 Å². The Hall–Kier alpha value is -1.81. The summed E-state index contributed by atoms with van der Waals surface area (Å²) in [5, 5.41) is 5.26. The number of hydrogen-bond acceptors (Lipinski definition) is 2. The van der Waals surface area contributed by atoms with Gasteiger partial charge in [-0.1, -0.05) is 17.7 Å². The van der Waals surface area contributed by atoms with Gasteiger partial charge in [0.25, 0.3) is 5.91 Å². The molecule has 2 fully saturated rings. The lowest BCUT2D eigenvalue weighted by molar-refractivity contribution is 0.0651. The molecular weight excluding hydrogens is 322 g/mol. The summed E-state index contributed by atoms with van der Waals surface area (Å²) in [5.74, 6) is 0.535. The van der Waals surface area contributed by atoms with Gasteiger partial charge in [0.2, 0.25) is 0 Å². The SMILES string of the molecule is Cc1ccc(-n2ncc(C(=O)N(C)C3CCC3)c2C2CC2)cc1Cl. The van der Waals surface area contributed by atoms with Crippen molar-refractivity contribution in [1.29, 1.82) is 0 Å². The number of carbonyl (C=O) groups is 1. The second-order valence-electron chi connectivity index (χ2n) is 7.06. The predicted octanol–water partition coefficient (Wildman–Crippen LogP) is 4.34. The zero-order valence-electron chi connectivity index (χ0n) is 14.1. The molecule has 0 N–H and O–H groups in total. The molecule has 126 valence electrons. The maximum atomic E-state index is 12.9. The van der Waals surface area contributed by atoms with Crippen molar-refractivity contribution in [2.75, 3.05) is 7.05 Å². The number of aromatic nitrogens is 2. The van der Waals surface area contributed by atoms with E-state index in [1.807, 2.05) is 41.8 Å². The topological polar surface area (TPSA) is 38.1 Å². The molecular formula is C19H22ClN3O. The van der Waals surface area contributed by atoms with Gasteiger partial charge in [-0.3, -0.25) is 4.79 Å². The summed E-state index contributed by atoms with van der Waals surface area (Å²) in [6, 6.07) is 6.34. The molecule has 0 spiro atoms. The number of rotatable bonds is 4. The van der Waals surface area contributed by atoms with Gasteiger partial charge in [-0.2, -0.15) is 5.10 Å². The molecule has 2 aliphatic rings. The third-order valence-electron chi connectivity index (χ3n) is 5.34. The lowest BCUT2D eigenvalue weighted by Crippen LogP contribution is -2.41. The van der Waals surface area contributed by atoms with Gasteiger partial charge in [0, 0.05) is 24.0 Å². The lowest BCUT2D eigenvalue weighted by Gasteiger charge is -2.34. The number of halogens is 1. The van der Waals surface area contributed by atoms with Crippen LogP contribution in [0, 0.1) is 6.92 Å². The quantitative estimate of drug-likeness (QED) is 0.828. The largest absolute Gasteiger partial charge is 0.339 e. The molecule has 24 heavy (non-hydrogen) atoms. The maximum Gasteiger partial charge on any atom is 0.257 e. The summed E-state index contributed by atoms with van der Waals surface area (Å²) in [6.07, 6.45) is 7.43. The van der Waals surface area contributed by atoms with Gasteiger partial charge in [-0.25, -0.2) is 4.68 Å². The van der Waals surface area contributed by atoms with Crippen molar-refractivity contribution in [2.45, 2.75) is 51.0 Å². The van der Waals surface area contributed by atoms with E-state index in [0.29, 0.717) is 12.0 Å². The van der Waals surface area contributed by atoms with E-state index in [1.165, 1.54) is 6.42 Å². The van der Waals surface area contributed by atoms with Gasteiger partial charge in [0.1, 0.15) is 0 Å². The molecule has 1 aromatic carbocycles. The Morgan fingerprint density at radius 2 is 2.04 bits per heavy atom. The first-order valence-corrected chi connectivity index (χ1v) is 9.05. The molecule has 2 aromatic rings. The summed E-state index contributed by atoms with van der Waals surface area (Å²) in [7, 11) is 1.92. The van der Waals surface area contributed by atoms with Gasteiger partial charge >= 0.3 is 0 Å². The third kappa shape index (κ3) is 2.63. The van der Waals surface area contributed by atoms with E-state index < -0.39 is 0 Å². The fourth-order valence-electron chi connectivity index (χ4n) is 3.32. The highest BCUT2D eigenvalue weighted by molar-refractivity contribution is 6.31. The Kier molecular flexibility index (Phi) is 3.87. The number of aryl methyl sites for hydroxylation is 1. The average Bonchev–Trinajstić information content (AvgIpc) is 3.26. The molecule has 0 aliphatic heterocycles. The van der Waals surface area contributed by atoms with Crippen molar-refractivity contribution < 1.29 is 4.79 Å². The minimum atomic E-state index is 0.103. The van der Waals surface area contributed by atoms with Crippen LogP contribution in [-0.4, -0.2) is 33.7 Å². The number of hydrogen-bond donors (Lipinski definition) is 0. The number of nitrogens with zero attached hydrogens (tertiary/aromatic N) is 3. The first-order valence-electron chi connectivity index (χ1n) is 8.68. The van der Waals surface area contributed by atoms with Crippen LogP contribution >= 0.6 is 11.6 Å². The van der Waals surface area contributed by atoms with E-state index in [1.54, 1.807) is 6.20 Å². The Morgan fingerprint density at radius 3 is 2.62 bits per heavy atom. The van der Waals surface area contributed by atoms with Crippen LogP contribution in [0.25, 0.3) is 5.69 Å². The fraction of sp³-hybridized carbons (Fsp3) is 0.474. The molecule has 2 aliphatic carbocycles. The molecule has 4 rings (SSSR count). The molecule has 1 aromatic heterocycles. The van der Waals surface area contributed by atoms with Crippen LogP contribution in [-0.2, 0) is 0 Å². The van der Waals surface area contributed by atoms with Gasteiger partial charge in [-0.05, 0) is 56.7 Å². The molecule has 4 nitrogen and oxygen atoms in total. The minimum absolute atomic E-state index is 0.103. The monoisotopic (exact) mass is 343 g/mol. The molecule has 0 atom stereocenters. The zero-order valence-corrected chi connectivity index (χ0v) is 14.9. The van der Waals surface area contributed by atoms with Crippen molar-refractivity contribution in [3.05, 3.63) is 46.2 Å². The smallest absolute Gasteiger partial charge is 0.257 e. The molecule has 0 unspecified atom stereocenters. The highest BCUT2D eigenvalue weighted by Gasteiger charge is 2.35. The molecule has 1 heterocycles. The lowest BCUT2D eigenvalue weighted by atomic mass is 9.91. The Bertz CT molecular complexity index is 790. The molecule has 0 radical (unpaired) electrons. The highest BCUT2D eigenvalue weighted by atomic mass is 35.5. The van der Waals surface area contributed by atoms with Crippen LogP contribution in [0.4, 0.5) is 0 Å². The average molecular weight is 344 g/mol. The summed E-state index contributed by atoms with van der Waals surface area (Å²) in [4.78, 5) is 14.8. The van der Waals surface area contributed by atoms with E-state index in [4.69, 9.17) is 11.6 Å². The van der Waals surface area contributed by atoms with Crippen molar-refractivity contribution in [3.8, 4) is 5.69 Å². The van der Waals surface area contributed by atoms with Gasteiger partial charge in [0.05, 0.1) is 23.1 Å². The Labute approximate surface area is 147 Å². The normalized spacial score (nSPS) is 17.6. The standard InChI is InChI=1S/C19H22ClN3O/c1-12-6-9-15(10-17(12)20)23-18(13-7-8-13)16(11-21-23)19(24)22(2)14-4-3-5-14/h6,9-11,13-14H,3-5,7-8H2,1-2H3. The molecule has 0 saturated heterocycles. The minimum Gasteiger partial charge on any atom is -0.339 e. The highest BCUT2D eigenvalue weighted by Crippen LogP contribution is 2.43. The second-order valence-corrected chi connectivity index (χ2v) is 7.47. The number of carbonyl (C=O) groups excluding carboxylic acids is 1. The summed E-state index contributed by atoms with van der Waals surface area (Å²) in [5.41, 5.74) is 3.77. The van der Waals surface area contributed by atoms with E-state index >= 15 is 0 Å². The molecule has 0 bridgehead atoms. The summed E-state index contributed by atoms with van der Waals surface area (Å²) >= 11 is 6.28. The van der Waals surface area contributed by atoms with Crippen molar-refractivity contribution in [2.24, 2.45) is 0 Å². The van der Waals surface area contributed by atoms with Crippen molar-refractivity contribution in [1.82, 2.24) is 14.7 Å². The van der Waals surface area contributed by atoms with Crippen LogP contribution in [0.1, 0.15) is 59.6 Å². The van der Waals surface area contributed by atoms with E-state index in [9.17, 15) is 4.79 Å². The van der Waals surface area contributed by atoms with Gasteiger partial charge in [-0.15, -0.1) is 0 Å². The first-order chi connectivity index (χ1) is 11.6. The van der Waals surface area contributed by atoms with Crippen LogP contribution in [0.5, 0.6) is 0 Å². The summed E-state index contributed by atoms with van der Waals surface area (Å²) < 4.78 is 1.91. The van der Waals surface area contributed by atoms with E-state index in [-0.39, 0.29) is 5.91 Å². The van der Waals surface area contributed by atoms with Gasteiger partial charge in [0.15, 0.2) is 0 Å². The molecule has 5 heteroatoms. The van der Waals surface area contributed by atoms with Crippen LogP contribution in [0.15, 0.2) is 24.4 Å². The van der Waals surface area contributed by atoms with Crippen molar-refractivity contribution in [3.63, 3.8) is 0 Å². The third-order valence-corrected chi connectivity index (χ3v) is 5.75. The second kappa shape index (κ2) is 5.92. The number of amides is 1. The van der Waals surface area contributed by atoms with Gasteiger partial charge < -0.3 is 4.90 Å². The van der Waals surface area contributed by atoms with Crippen molar-refractivity contribution >= 4 is 17.5 Å². The van der Waals surface area contributed by atoms with Crippen LogP contribution < -0.4 is 0 Å². The molecule has 1 amide bonds. The summed E-state index contributed by atoms with van der Waals surface area (Å²) in [6.45, 7) is 1.99. The van der Waals surface area contributed by atoms with Crippen LogP contribution in [0.3, 0.4) is 0 Å². The molecule has 2 saturated carbocycles. The predicted molar refractivity (Wildman–Crippen MR) is 95.0 cm³/mol. The fourth-order valence-corrected chi connectivity index (χ4v) is 3.50. The number of benzene rings is 1.